The number of benzene rings is 2. The number of ketones is 1. The Morgan fingerprint density at radius 3 is 2.43 bits per heavy atom. The fourth-order valence-electron chi connectivity index (χ4n) is 3.30. The standard InChI is InChI=1S/C21H21NO6/c1-12-3-5-13(6-4-12)19(25)17-18(22(9-10-23)21(27)20(17)26)14-7-8-15(24)16(11-14)28-2/h3-8,11,18,23-25H,9-10H2,1-2H3/b19-17+. The van der Waals surface area contributed by atoms with E-state index in [-0.39, 0.29) is 36.0 Å². The van der Waals surface area contributed by atoms with Gasteiger partial charge in [-0.3, -0.25) is 9.59 Å². The van der Waals surface area contributed by atoms with Crippen LogP contribution in [-0.4, -0.2) is 52.2 Å². The van der Waals surface area contributed by atoms with Crippen LogP contribution in [0.3, 0.4) is 0 Å². The molecule has 0 aromatic heterocycles. The molecule has 3 N–H and O–H groups in total. The summed E-state index contributed by atoms with van der Waals surface area (Å²) in [5.41, 5.74) is 1.78. The summed E-state index contributed by atoms with van der Waals surface area (Å²) in [6.07, 6.45) is 0. The van der Waals surface area contributed by atoms with Crippen molar-refractivity contribution in [3.05, 3.63) is 64.7 Å². The van der Waals surface area contributed by atoms with Crippen LogP contribution in [0.1, 0.15) is 22.7 Å². The van der Waals surface area contributed by atoms with Crippen LogP contribution in [0.5, 0.6) is 11.5 Å². The van der Waals surface area contributed by atoms with E-state index in [2.05, 4.69) is 0 Å². The van der Waals surface area contributed by atoms with Gasteiger partial charge in [0.2, 0.25) is 0 Å². The van der Waals surface area contributed by atoms with E-state index in [0.29, 0.717) is 11.1 Å². The molecule has 1 aliphatic rings. The molecule has 1 unspecified atom stereocenters. The van der Waals surface area contributed by atoms with Gasteiger partial charge >= 0.3 is 0 Å². The number of hydrogen-bond donors (Lipinski definition) is 3. The number of hydrogen-bond acceptors (Lipinski definition) is 6. The third-order valence-electron chi connectivity index (χ3n) is 4.73. The fourth-order valence-corrected chi connectivity index (χ4v) is 3.30. The van der Waals surface area contributed by atoms with Gasteiger partial charge in [0.15, 0.2) is 11.5 Å². The monoisotopic (exact) mass is 383 g/mol. The van der Waals surface area contributed by atoms with Gasteiger partial charge in [0.1, 0.15) is 5.76 Å². The molecule has 1 atom stereocenters. The predicted octanol–water partition coefficient (Wildman–Crippen LogP) is 2.12. The summed E-state index contributed by atoms with van der Waals surface area (Å²) >= 11 is 0. The van der Waals surface area contributed by atoms with Crippen LogP contribution in [0.25, 0.3) is 5.76 Å². The van der Waals surface area contributed by atoms with E-state index in [4.69, 9.17) is 4.74 Å². The summed E-state index contributed by atoms with van der Waals surface area (Å²) < 4.78 is 5.12. The number of aliphatic hydroxyl groups excluding tert-OH is 2. The summed E-state index contributed by atoms with van der Waals surface area (Å²) in [7, 11) is 1.38. The van der Waals surface area contributed by atoms with Gasteiger partial charge in [0, 0.05) is 12.1 Å². The number of carbonyl (C=O) groups is 2. The molecule has 0 aliphatic carbocycles. The molecule has 28 heavy (non-hydrogen) atoms. The molecule has 7 heteroatoms. The number of aryl methyl sites for hydroxylation is 1. The number of phenolic OH excluding ortho intramolecular Hbond substituents is 1. The summed E-state index contributed by atoms with van der Waals surface area (Å²) in [5.74, 6) is -1.86. The first-order chi connectivity index (χ1) is 13.4. The zero-order chi connectivity index (χ0) is 20.4. The highest BCUT2D eigenvalue weighted by Crippen LogP contribution is 2.41. The summed E-state index contributed by atoms with van der Waals surface area (Å²) in [6.45, 7) is 1.47. The van der Waals surface area contributed by atoms with Crippen molar-refractivity contribution in [1.29, 1.82) is 0 Å². The van der Waals surface area contributed by atoms with Crippen molar-refractivity contribution >= 4 is 17.4 Å². The number of rotatable bonds is 5. The second-order valence-corrected chi connectivity index (χ2v) is 6.51. The summed E-state index contributed by atoms with van der Waals surface area (Å²) in [6, 6.07) is 10.4. The first-order valence-corrected chi connectivity index (χ1v) is 8.72. The Bertz CT molecular complexity index is 948. The SMILES string of the molecule is COc1cc(C2/C(=C(\O)c3ccc(C)cc3)C(=O)C(=O)N2CCO)ccc1O. The molecule has 1 saturated heterocycles. The van der Waals surface area contributed by atoms with Crippen LogP contribution < -0.4 is 4.74 Å². The normalized spacial score (nSPS) is 18.5. The second-order valence-electron chi connectivity index (χ2n) is 6.51. The number of carbonyl (C=O) groups excluding carboxylic acids is 2. The van der Waals surface area contributed by atoms with Gasteiger partial charge < -0.3 is 25.0 Å². The first kappa shape index (κ1) is 19.4. The van der Waals surface area contributed by atoms with E-state index < -0.39 is 17.7 Å². The largest absolute Gasteiger partial charge is 0.507 e. The lowest BCUT2D eigenvalue weighted by molar-refractivity contribution is -0.140. The fraction of sp³-hybridized carbons (Fsp3) is 0.238. The zero-order valence-corrected chi connectivity index (χ0v) is 15.5. The Morgan fingerprint density at radius 1 is 1.14 bits per heavy atom. The molecular formula is C21H21NO6. The maximum Gasteiger partial charge on any atom is 0.295 e. The Labute approximate surface area is 162 Å². The number of likely N-dealkylation sites (tertiary alicyclic amines) is 1. The third-order valence-corrected chi connectivity index (χ3v) is 4.73. The number of β-amino-alcohol motifs (C(OH)–C–C–N with tert-alkyl or cyclic N) is 1. The molecule has 0 saturated carbocycles. The highest BCUT2D eigenvalue weighted by atomic mass is 16.5. The van der Waals surface area contributed by atoms with E-state index in [1.807, 2.05) is 6.92 Å². The van der Waals surface area contributed by atoms with Gasteiger partial charge in [0.25, 0.3) is 11.7 Å². The van der Waals surface area contributed by atoms with Crippen LogP contribution in [0.15, 0.2) is 48.0 Å². The number of aliphatic hydroxyl groups is 2. The number of Topliss-reactive ketones (excluding diaryl/α,β-unsaturated/α-hetero) is 1. The van der Waals surface area contributed by atoms with Gasteiger partial charge in [-0.05, 0) is 24.6 Å². The lowest BCUT2D eigenvalue weighted by Crippen LogP contribution is -2.32. The van der Waals surface area contributed by atoms with Crippen LogP contribution in [0.2, 0.25) is 0 Å². The minimum atomic E-state index is -0.914. The van der Waals surface area contributed by atoms with E-state index >= 15 is 0 Å². The smallest absolute Gasteiger partial charge is 0.295 e. The molecule has 0 radical (unpaired) electrons. The van der Waals surface area contributed by atoms with Crippen LogP contribution in [-0.2, 0) is 9.59 Å². The second kappa shape index (κ2) is 7.74. The van der Waals surface area contributed by atoms with Gasteiger partial charge in [-0.1, -0.05) is 35.9 Å². The van der Waals surface area contributed by atoms with Gasteiger partial charge in [-0.15, -0.1) is 0 Å². The van der Waals surface area contributed by atoms with Crippen LogP contribution in [0.4, 0.5) is 0 Å². The lowest BCUT2D eigenvalue weighted by atomic mass is 9.94. The van der Waals surface area contributed by atoms with Crippen molar-refractivity contribution in [2.24, 2.45) is 0 Å². The van der Waals surface area contributed by atoms with Crippen LogP contribution in [0, 0.1) is 6.92 Å². The summed E-state index contributed by atoms with van der Waals surface area (Å²) in [4.78, 5) is 26.4. The average Bonchev–Trinajstić information content (AvgIpc) is 2.94. The zero-order valence-electron chi connectivity index (χ0n) is 15.5. The molecule has 1 amide bonds. The molecule has 1 heterocycles. The number of nitrogens with zero attached hydrogens (tertiary/aromatic N) is 1. The maximum atomic E-state index is 12.7. The Balaban J connectivity index is 2.20. The van der Waals surface area contributed by atoms with Crippen molar-refractivity contribution in [1.82, 2.24) is 4.90 Å². The van der Waals surface area contributed by atoms with Crippen molar-refractivity contribution < 1.29 is 29.6 Å². The minimum Gasteiger partial charge on any atom is -0.507 e. The number of aromatic hydroxyl groups is 1. The number of methoxy groups -OCH3 is 1. The topological polar surface area (TPSA) is 107 Å². The number of ether oxygens (including phenoxy) is 1. The molecule has 1 fully saturated rings. The Morgan fingerprint density at radius 2 is 1.82 bits per heavy atom. The Kier molecular flexibility index (Phi) is 5.37. The molecule has 0 bridgehead atoms. The van der Waals surface area contributed by atoms with E-state index in [1.165, 1.54) is 24.1 Å². The molecule has 146 valence electrons. The molecule has 0 spiro atoms. The number of amides is 1. The van der Waals surface area contributed by atoms with Gasteiger partial charge in [-0.2, -0.15) is 0 Å². The number of phenols is 1. The van der Waals surface area contributed by atoms with Gasteiger partial charge in [-0.25, -0.2) is 0 Å². The van der Waals surface area contributed by atoms with E-state index in [1.54, 1.807) is 30.3 Å². The molecule has 1 aliphatic heterocycles. The third kappa shape index (κ3) is 3.32. The van der Waals surface area contributed by atoms with E-state index in [0.717, 1.165) is 5.56 Å². The average molecular weight is 383 g/mol. The highest BCUT2D eigenvalue weighted by molar-refractivity contribution is 6.46. The van der Waals surface area contributed by atoms with Crippen LogP contribution >= 0.6 is 0 Å². The van der Waals surface area contributed by atoms with Crippen molar-refractivity contribution in [2.45, 2.75) is 13.0 Å². The Hall–Kier alpha value is -3.32. The van der Waals surface area contributed by atoms with Crippen molar-refractivity contribution in [3.8, 4) is 11.5 Å². The minimum absolute atomic E-state index is 0.0740. The van der Waals surface area contributed by atoms with Gasteiger partial charge in [0.05, 0.1) is 25.3 Å². The molecule has 2 aromatic carbocycles. The molecule has 7 nitrogen and oxygen atoms in total. The summed E-state index contributed by atoms with van der Waals surface area (Å²) in [5, 5.41) is 30.1. The highest BCUT2D eigenvalue weighted by Gasteiger charge is 2.46. The molecular weight excluding hydrogens is 362 g/mol. The molecule has 3 rings (SSSR count). The first-order valence-electron chi connectivity index (χ1n) is 8.72. The van der Waals surface area contributed by atoms with Crippen molar-refractivity contribution in [2.75, 3.05) is 20.3 Å². The van der Waals surface area contributed by atoms with Crippen molar-refractivity contribution in [3.63, 3.8) is 0 Å². The maximum absolute atomic E-state index is 12.7. The lowest BCUT2D eigenvalue weighted by Gasteiger charge is -2.25. The molecule has 2 aromatic rings. The quantitative estimate of drug-likeness (QED) is 0.415. The van der Waals surface area contributed by atoms with E-state index in [9.17, 15) is 24.9 Å². The predicted molar refractivity (Wildman–Crippen MR) is 102 cm³/mol.